The number of esters is 1. The first kappa shape index (κ1) is 33.1. The number of fused-ring (bicyclic) bond motifs is 5. The van der Waals surface area contributed by atoms with E-state index in [0.717, 1.165) is 12.8 Å². The van der Waals surface area contributed by atoms with Crippen LogP contribution in [0.4, 0.5) is 8.78 Å². The number of ether oxygens (including phenoxy) is 3. The van der Waals surface area contributed by atoms with Crippen molar-refractivity contribution in [2.75, 3.05) is 13.7 Å². The van der Waals surface area contributed by atoms with Gasteiger partial charge in [-0.25, -0.2) is 13.8 Å². The second-order valence-electron chi connectivity index (χ2n) is 14.5. The van der Waals surface area contributed by atoms with Crippen molar-refractivity contribution >= 4 is 29.1 Å². The summed E-state index contributed by atoms with van der Waals surface area (Å²) < 4.78 is 49.9. The molecule has 0 unspecified atom stereocenters. The molecule has 1 saturated heterocycles. The molecule has 3 heterocycles. The lowest BCUT2D eigenvalue weighted by atomic mass is 9.77. The van der Waals surface area contributed by atoms with Gasteiger partial charge in [-0.05, 0) is 68.6 Å². The maximum Gasteiger partial charge on any atom is 0.307 e. The summed E-state index contributed by atoms with van der Waals surface area (Å²) in [4.78, 5) is 46.0. The molecule has 246 valence electrons. The summed E-state index contributed by atoms with van der Waals surface area (Å²) in [7, 11) is 1.52. The molecule has 0 radical (unpaired) electrons. The first-order valence-corrected chi connectivity index (χ1v) is 16.2. The Morgan fingerprint density at radius 1 is 1.09 bits per heavy atom. The number of amides is 1. The molecule has 2 bridgehead atoms. The molecule has 45 heavy (non-hydrogen) atoms. The van der Waals surface area contributed by atoms with Crippen LogP contribution in [0.15, 0.2) is 24.3 Å². The Hall–Kier alpha value is -3.30. The van der Waals surface area contributed by atoms with Gasteiger partial charge >= 0.3 is 5.97 Å². The number of aldehydes is 1. The van der Waals surface area contributed by atoms with Crippen LogP contribution < -0.4 is 9.47 Å². The predicted octanol–water partition coefficient (Wildman–Crippen LogP) is 6.86. The van der Waals surface area contributed by atoms with Crippen molar-refractivity contribution in [1.82, 2.24) is 9.88 Å². The first-order chi connectivity index (χ1) is 21.2. The molecule has 6 atom stereocenters. The summed E-state index contributed by atoms with van der Waals surface area (Å²) >= 11 is 0. The fourth-order valence-electron chi connectivity index (χ4n) is 7.41. The highest BCUT2D eigenvalue weighted by Gasteiger charge is 2.49. The maximum atomic E-state index is 16.1. The molecule has 2 aromatic rings. The SMILES string of the molecule is COc1ccc2cc3c(nc2c1)O[C@H]1CN(C(=O)[C@H](C(C)(C)C)CC(=O)O[C@]2(C)CCC[C@H]2CCCCC3(F)F)[C@H](C=O)[C@@H]1C. The van der Waals surface area contributed by atoms with Crippen LogP contribution in [0.5, 0.6) is 11.6 Å². The molecule has 2 fully saturated rings. The maximum absolute atomic E-state index is 16.1. The van der Waals surface area contributed by atoms with Crippen LogP contribution in [0, 0.1) is 23.2 Å². The second kappa shape index (κ2) is 12.5. The summed E-state index contributed by atoms with van der Waals surface area (Å²) in [6.45, 7) is 9.36. The Labute approximate surface area is 264 Å². The molecular weight excluding hydrogens is 582 g/mol. The zero-order valence-electron chi connectivity index (χ0n) is 27.2. The molecule has 8 nitrogen and oxygen atoms in total. The van der Waals surface area contributed by atoms with Crippen molar-refractivity contribution < 1.29 is 37.4 Å². The van der Waals surface area contributed by atoms with Crippen LogP contribution in [-0.4, -0.2) is 59.4 Å². The molecule has 1 saturated carbocycles. The van der Waals surface area contributed by atoms with Gasteiger partial charge in [-0.15, -0.1) is 0 Å². The highest BCUT2D eigenvalue weighted by molar-refractivity contribution is 5.87. The Kier molecular flexibility index (Phi) is 9.17. The number of carbonyl (C=O) groups is 3. The van der Waals surface area contributed by atoms with Gasteiger partial charge in [-0.1, -0.05) is 34.1 Å². The van der Waals surface area contributed by atoms with E-state index in [1.165, 1.54) is 18.1 Å². The summed E-state index contributed by atoms with van der Waals surface area (Å²) in [6, 6.07) is 5.63. The monoisotopic (exact) mass is 628 g/mol. The highest BCUT2D eigenvalue weighted by Crippen LogP contribution is 2.45. The van der Waals surface area contributed by atoms with Gasteiger partial charge < -0.3 is 23.9 Å². The van der Waals surface area contributed by atoms with Crippen LogP contribution in [0.1, 0.15) is 91.5 Å². The fourth-order valence-corrected chi connectivity index (χ4v) is 7.41. The second-order valence-corrected chi connectivity index (χ2v) is 14.5. The molecule has 2 aliphatic heterocycles. The number of nitrogens with zero attached hydrogens (tertiary/aromatic N) is 2. The minimum Gasteiger partial charge on any atom is -0.497 e. The van der Waals surface area contributed by atoms with Crippen LogP contribution in [-0.2, 0) is 25.0 Å². The zero-order valence-corrected chi connectivity index (χ0v) is 27.2. The van der Waals surface area contributed by atoms with E-state index in [4.69, 9.17) is 14.2 Å². The van der Waals surface area contributed by atoms with Crippen LogP contribution in [0.3, 0.4) is 0 Å². The van der Waals surface area contributed by atoms with Gasteiger partial charge in [0.2, 0.25) is 11.8 Å². The van der Waals surface area contributed by atoms with Crippen molar-refractivity contribution in [2.45, 2.75) is 110 Å². The molecule has 3 aliphatic rings. The summed E-state index contributed by atoms with van der Waals surface area (Å²) in [5, 5.41) is 0.526. The van der Waals surface area contributed by atoms with Gasteiger partial charge in [0.25, 0.3) is 5.92 Å². The average molecular weight is 629 g/mol. The van der Waals surface area contributed by atoms with Crippen LogP contribution in [0.25, 0.3) is 10.9 Å². The number of pyridine rings is 1. The molecule has 1 amide bonds. The minimum atomic E-state index is -3.24. The van der Waals surface area contributed by atoms with Crippen molar-refractivity contribution in [3.05, 3.63) is 29.8 Å². The number of methoxy groups -OCH3 is 1. The number of aromatic nitrogens is 1. The Morgan fingerprint density at radius 2 is 1.82 bits per heavy atom. The number of rotatable bonds is 2. The number of benzene rings is 1. The van der Waals surface area contributed by atoms with Gasteiger partial charge in [0.1, 0.15) is 23.7 Å². The first-order valence-electron chi connectivity index (χ1n) is 16.2. The van der Waals surface area contributed by atoms with Gasteiger partial charge in [0.05, 0.1) is 43.1 Å². The third kappa shape index (κ3) is 6.66. The third-order valence-corrected chi connectivity index (χ3v) is 10.4. The Bertz CT molecular complexity index is 1440. The Balaban J connectivity index is 1.58. The number of hydrogen-bond donors (Lipinski definition) is 0. The molecule has 1 aromatic heterocycles. The summed E-state index contributed by atoms with van der Waals surface area (Å²) in [6.07, 6.45) is 3.33. The molecule has 1 aliphatic carbocycles. The Morgan fingerprint density at radius 3 is 2.51 bits per heavy atom. The quantitative estimate of drug-likeness (QED) is 0.265. The van der Waals surface area contributed by atoms with Crippen molar-refractivity contribution in [1.29, 1.82) is 0 Å². The molecule has 5 rings (SSSR count). The number of carbonyl (C=O) groups excluding carboxylic acids is 3. The molecular formula is C35H46F2N2O6. The van der Waals surface area contributed by atoms with Gasteiger partial charge in [0, 0.05) is 23.8 Å². The van der Waals surface area contributed by atoms with Crippen LogP contribution in [0.2, 0.25) is 0 Å². The van der Waals surface area contributed by atoms with E-state index in [9.17, 15) is 14.4 Å². The lowest BCUT2D eigenvalue weighted by molar-refractivity contribution is -0.167. The van der Waals surface area contributed by atoms with E-state index >= 15 is 8.78 Å². The smallest absolute Gasteiger partial charge is 0.307 e. The highest BCUT2D eigenvalue weighted by atomic mass is 19.3. The van der Waals surface area contributed by atoms with Gasteiger partial charge in [-0.2, -0.15) is 0 Å². The van der Waals surface area contributed by atoms with Gasteiger partial charge in [0.15, 0.2) is 0 Å². The summed E-state index contributed by atoms with van der Waals surface area (Å²) in [5.74, 6) is -4.95. The zero-order chi connectivity index (χ0) is 32.7. The van der Waals surface area contributed by atoms with E-state index in [2.05, 4.69) is 4.98 Å². The molecule has 1 aromatic carbocycles. The normalized spacial score (nSPS) is 31.3. The lowest BCUT2D eigenvalue weighted by Crippen LogP contribution is -2.47. The van der Waals surface area contributed by atoms with E-state index in [1.807, 2.05) is 27.7 Å². The molecule has 10 heteroatoms. The van der Waals surface area contributed by atoms with E-state index < -0.39 is 53.3 Å². The number of alkyl halides is 2. The molecule has 0 N–H and O–H groups in total. The van der Waals surface area contributed by atoms with Crippen molar-refractivity contribution in [3.8, 4) is 11.6 Å². The molecule has 0 spiro atoms. The van der Waals surface area contributed by atoms with E-state index in [-0.39, 0.29) is 42.7 Å². The third-order valence-electron chi connectivity index (χ3n) is 10.4. The van der Waals surface area contributed by atoms with Gasteiger partial charge in [-0.3, -0.25) is 9.59 Å². The van der Waals surface area contributed by atoms with Crippen LogP contribution >= 0.6 is 0 Å². The topological polar surface area (TPSA) is 95.0 Å². The number of hydrogen-bond acceptors (Lipinski definition) is 7. The standard InChI is InChI=1S/C35H46F2N2O6/c1-21-28(20-40)39-19-29(21)44-31-25(16-22-12-13-24(43-6)17-27(22)38-31)35(36,37)15-8-7-10-23-11-9-14-34(23,5)45-30(41)18-26(32(39)42)33(2,3)4/h12-13,16-17,20-21,23,26,28-29H,7-11,14-15,18-19H2,1-6H3/t21-,23+,26+,28+,29-,34+/m0/s1. The van der Waals surface area contributed by atoms with E-state index in [1.54, 1.807) is 25.1 Å². The van der Waals surface area contributed by atoms with E-state index in [0.29, 0.717) is 42.2 Å². The summed E-state index contributed by atoms with van der Waals surface area (Å²) in [5.41, 5.74) is -1.20. The largest absolute Gasteiger partial charge is 0.497 e. The minimum absolute atomic E-state index is 0.00629. The van der Waals surface area contributed by atoms with Crippen molar-refractivity contribution in [2.24, 2.45) is 23.2 Å². The fraction of sp³-hybridized carbons (Fsp3) is 0.657. The lowest BCUT2D eigenvalue weighted by Gasteiger charge is -2.36. The van der Waals surface area contributed by atoms with Crippen molar-refractivity contribution in [3.63, 3.8) is 0 Å². The predicted molar refractivity (Wildman–Crippen MR) is 165 cm³/mol. The number of halogens is 2. The average Bonchev–Trinajstić information content (AvgIpc) is 3.49.